The monoisotopic (exact) mass is 866 g/mol. The Bertz CT molecular complexity index is 1950. The van der Waals surface area contributed by atoms with Crippen molar-refractivity contribution in [3.8, 4) is 17.2 Å². The molecule has 3 nitrogen and oxygen atoms in total. The Balaban J connectivity index is 0.000000369. The van der Waals surface area contributed by atoms with Crippen LogP contribution in [0.25, 0.3) is 0 Å². The molecule has 0 saturated carbocycles. The van der Waals surface area contributed by atoms with Crippen LogP contribution < -0.4 is 14.2 Å². The van der Waals surface area contributed by atoms with Crippen LogP contribution in [-0.2, 0) is 0 Å². The summed E-state index contributed by atoms with van der Waals surface area (Å²) in [4.78, 5) is 0. The molecule has 324 valence electrons. The number of rotatable bonds is 8. The van der Waals surface area contributed by atoms with Crippen LogP contribution in [0.2, 0.25) is 10.0 Å². The molecule has 5 rings (SSSR count). The molecule has 0 aliphatic carbocycles. The Morgan fingerprint density at radius 2 is 0.746 bits per heavy atom. The van der Waals surface area contributed by atoms with Gasteiger partial charge in [-0.2, -0.15) is 0 Å². The van der Waals surface area contributed by atoms with Crippen LogP contribution in [0.3, 0.4) is 0 Å². The number of benzene rings is 5. The SMILES string of the molecule is CC(C)c1c(F)cc(F)cc1F.CC(C)c1ccc(Cl)c(F)c1.CC(C)c1ccc(F)c(Cl)c1.COc1ccc(C(C)C)cc1F.COc1ccc(C(C)C)cc1OC. The smallest absolute Gasteiger partial charge is 0.165 e. The first-order valence-corrected chi connectivity index (χ1v) is 19.9. The summed E-state index contributed by atoms with van der Waals surface area (Å²) in [5.41, 5.74) is 4.24. The van der Waals surface area contributed by atoms with Crippen LogP contribution >= 0.6 is 23.2 Å². The van der Waals surface area contributed by atoms with Gasteiger partial charge in [-0.3, -0.25) is 0 Å². The first-order chi connectivity index (χ1) is 27.6. The van der Waals surface area contributed by atoms with Crippen LogP contribution in [0.15, 0.2) is 84.9 Å². The van der Waals surface area contributed by atoms with Crippen LogP contribution in [0.5, 0.6) is 17.2 Å². The predicted octanol–water partition coefficient (Wildman–Crippen LogP) is 16.2. The molecular weight excluding hydrogens is 809 g/mol. The highest BCUT2D eigenvalue weighted by atomic mass is 35.5. The predicted molar refractivity (Wildman–Crippen MR) is 232 cm³/mol. The Hall–Kier alpha value is -4.34. The third-order valence-electron chi connectivity index (χ3n) is 8.76. The maximum Gasteiger partial charge on any atom is 0.165 e. The van der Waals surface area contributed by atoms with Crippen LogP contribution in [-0.4, -0.2) is 21.3 Å². The lowest BCUT2D eigenvalue weighted by molar-refractivity contribution is 0.354. The summed E-state index contributed by atoms with van der Waals surface area (Å²) < 4.78 is 91.8. The fraction of sp³-hybridized carbons (Fsp3) is 0.375. The zero-order valence-electron chi connectivity index (χ0n) is 36.2. The van der Waals surface area contributed by atoms with E-state index < -0.39 is 17.5 Å². The fourth-order valence-corrected chi connectivity index (χ4v) is 5.41. The minimum atomic E-state index is -0.880. The second-order valence-corrected chi connectivity index (χ2v) is 15.7. The fourth-order valence-electron chi connectivity index (χ4n) is 5.10. The molecule has 0 bridgehead atoms. The molecule has 0 N–H and O–H groups in total. The molecule has 0 amide bonds. The van der Waals surface area contributed by atoms with Crippen LogP contribution in [0.1, 0.15) is 127 Å². The van der Waals surface area contributed by atoms with Gasteiger partial charge in [-0.15, -0.1) is 0 Å². The second-order valence-electron chi connectivity index (χ2n) is 14.9. The van der Waals surface area contributed by atoms with E-state index in [0.29, 0.717) is 41.6 Å². The molecule has 11 heteroatoms. The minimum absolute atomic E-state index is 0.0589. The molecular formula is C48H58Cl2F6O3. The summed E-state index contributed by atoms with van der Waals surface area (Å²) in [6.07, 6.45) is 0. The molecule has 5 aromatic rings. The van der Waals surface area contributed by atoms with Crippen molar-refractivity contribution >= 4 is 23.2 Å². The van der Waals surface area contributed by atoms with Crippen molar-refractivity contribution in [2.24, 2.45) is 0 Å². The molecule has 0 aliphatic rings. The summed E-state index contributed by atoms with van der Waals surface area (Å²) in [5.74, 6) is -0.261. The maximum atomic E-state index is 13.1. The van der Waals surface area contributed by atoms with Gasteiger partial charge in [0.05, 0.1) is 31.4 Å². The van der Waals surface area contributed by atoms with Crippen molar-refractivity contribution in [2.45, 2.75) is 98.8 Å². The van der Waals surface area contributed by atoms with Crippen LogP contribution in [0.4, 0.5) is 26.3 Å². The van der Waals surface area contributed by atoms with E-state index in [1.165, 1.54) is 30.9 Å². The maximum absolute atomic E-state index is 13.1. The van der Waals surface area contributed by atoms with Crippen molar-refractivity contribution in [3.63, 3.8) is 0 Å². The standard InChI is InChI=1S/C11H16O2.C10H13FO.2C9H10ClF.C9H9F3/c1-8(2)9-5-6-10(12-3)11(7-9)13-4;1-7(2)8-4-5-10(12-3)9(11)6-8;1-6(2)7-3-4-9(11)8(10)5-7;1-6(2)7-3-4-8(10)9(11)5-7;1-5(2)9-7(11)3-6(10)4-8(9)12/h5-8H,1-4H3;4-7H,1-3H3;2*3-6H,1-2H3;3-5H,1-2H3. The van der Waals surface area contributed by atoms with Crippen molar-refractivity contribution in [3.05, 3.63) is 158 Å². The van der Waals surface area contributed by atoms with Gasteiger partial charge in [0.2, 0.25) is 0 Å². The van der Waals surface area contributed by atoms with E-state index in [1.807, 2.05) is 65.8 Å². The zero-order chi connectivity index (χ0) is 45.1. The molecule has 0 heterocycles. The molecule has 0 fully saturated rings. The highest BCUT2D eigenvalue weighted by molar-refractivity contribution is 6.31. The highest BCUT2D eigenvalue weighted by Gasteiger charge is 2.14. The molecule has 0 unspecified atom stereocenters. The van der Waals surface area contributed by atoms with Gasteiger partial charge in [0.1, 0.15) is 29.1 Å². The van der Waals surface area contributed by atoms with E-state index in [0.717, 1.165) is 28.2 Å². The van der Waals surface area contributed by atoms with Gasteiger partial charge in [-0.05, 0) is 100 Å². The van der Waals surface area contributed by atoms with Crippen molar-refractivity contribution in [1.29, 1.82) is 0 Å². The van der Waals surface area contributed by atoms with Gasteiger partial charge in [-0.1, -0.05) is 117 Å². The summed E-state index contributed by atoms with van der Waals surface area (Å²) in [5, 5.41) is 0.394. The lowest BCUT2D eigenvalue weighted by atomic mass is 10.0. The third-order valence-corrected chi connectivity index (χ3v) is 9.35. The van der Waals surface area contributed by atoms with Gasteiger partial charge in [-0.25, -0.2) is 26.3 Å². The first kappa shape index (κ1) is 52.7. The van der Waals surface area contributed by atoms with Gasteiger partial charge in [0.15, 0.2) is 23.1 Å². The summed E-state index contributed by atoms with van der Waals surface area (Å²) in [7, 11) is 4.77. The van der Waals surface area contributed by atoms with E-state index in [9.17, 15) is 26.3 Å². The van der Waals surface area contributed by atoms with Crippen molar-refractivity contribution in [2.75, 3.05) is 21.3 Å². The Morgan fingerprint density at radius 3 is 1.14 bits per heavy atom. The first-order valence-electron chi connectivity index (χ1n) is 19.2. The van der Waals surface area contributed by atoms with E-state index in [4.69, 9.17) is 37.4 Å². The molecule has 0 spiro atoms. The quantitative estimate of drug-likeness (QED) is 0.145. The number of hydrogen-bond acceptors (Lipinski definition) is 3. The lowest BCUT2D eigenvalue weighted by Gasteiger charge is -2.11. The largest absolute Gasteiger partial charge is 0.494 e. The van der Waals surface area contributed by atoms with E-state index in [-0.39, 0.29) is 39.0 Å². The Labute approximate surface area is 357 Å². The van der Waals surface area contributed by atoms with Crippen molar-refractivity contribution in [1.82, 2.24) is 0 Å². The van der Waals surface area contributed by atoms with Crippen LogP contribution in [0, 0.1) is 34.9 Å². The summed E-state index contributed by atoms with van der Waals surface area (Å²) >= 11 is 11.1. The topological polar surface area (TPSA) is 27.7 Å². The number of halogens is 8. The number of methoxy groups -OCH3 is 3. The highest BCUT2D eigenvalue weighted by Crippen LogP contribution is 2.30. The normalized spacial score (nSPS) is 10.5. The number of hydrogen-bond donors (Lipinski definition) is 0. The lowest BCUT2D eigenvalue weighted by Crippen LogP contribution is -1.98. The summed E-state index contributed by atoms with van der Waals surface area (Å²) in [6.45, 7) is 19.8. The minimum Gasteiger partial charge on any atom is -0.494 e. The average Bonchev–Trinajstić information content (AvgIpc) is 3.16. The van der Waals surface area contributed by atoms with Gasteiger partial charge in [0, 0.05) is 17.7 Å². The molecule has 0 aliphatic heterocycles. The third kappa shape index (κ3) is 17.8. The van der Waals surface area contributed by atoms with Gasteiger partial charge >= 0.3 is 0 Å². The van der Waals surface area contributed by atoms with E-state index in [1.54, 1.807) is 52.3 Å². The molecule has 59 heavy (non-hydrogen) atoms. The van der Waals surface area contributed by atoms with E-state index in [2.05, 4.69) is 19.9 Å². The van der Waals surface area contributed by atoms with Gasteiger partial charge < -0.3 is 14.2 Å². The zero-order valence-corrected chi connectivity index (χ0v) is 37.7. The molecule has 0 aromatic heterocycles. The molecule has 0 radical (unpaired) electrons. The average molecular weight is 868 g/mol. The van der Waals surface area contributed by atoms with Gasteiger partial charge in [0.25, 0.3) is 0 Å². The Morgan fingerprint density at radius 1 is 0.356 bits per heavy atom. The molecule has 5 aromatic carbocycles. The molecule has 0 saturated heterocycles. The Kier molecular flexibility index (Phi) is 23.2. The molecule has 0 atom stereocenters. The number of ether oxygens (including phenoxy) is 3. The summed E-state index contributed by atoms with van der Waals surface area (Å²) in [6, 6.07) is 22.2. The van der Waals surface area contributed by atoms with Crippen molar-refractivity contribution < 1.29 is 40.6 Å². The van der Waals surface area contributed by atoms with E-state index >= 15 is 0 Å². The second kappa shape index (κ2) is 26.0.